The number of benzene rings is 6. The van der Waals surface area contributed by atoms with E-state index in [1.54, 1.807) is 0 Å². The van der Waals surface area contributed by atoms with Crippen LogP contribution in [0, 0.1) is 27.7 Å². The van der Waals surface area contributed by atoms with Crippen LogP contribution in [0.15, 0.2) is 105 Å². The molecule has 6 aromatic carbocycles. The molecule has 0 saturated heterocycles. The van der Waals surface area contributed by atoms with Gasteiger partial charge in [0.05, 0.1) is 0 Å². The standard InChI is InChI=1S/C36H28O3P/c1-21-7-5-8-22(2)33(21)27-11-15-29-25(19-27)13-17-31-35(29)36-30-16-12-28(34-23(3)9-6-10-24(34)4)20-26(30)14-18-32(36)39-40(37)38-31/h5-20H,1-4H3/q-1. The molecule has 0 radical (unpaired) electrons. The Morgan fingerprint density at radius 1 is 0.500 bits per heavy atom. The van der Waals surface area contributed by atoms with Gasteiger partial charge in [-0.15, -0.1) is 0 Å². The molecule has 1 heterocycles. The third kappa shape index (κ3) is 3.93. The van der Waals surface area contributed by atoms with E-state index in [2.05, 4.69) is 100 Å². The van der Waals surface area contributed by atoms with Gasteiger partial charge in [-0.3, -0.25) is 0 Å². The van der Waals surface area contributed by atoms with E-state index < -0.39 is 8.24 Å². The van der Waals surface area contributed by atoms with Crippen molar-refractivity contribution in [3.05, 3.63) is 119 Å². The van der Waals surface area contributed by atoms with Gasteiger partial charge in [-0.2, -0.15) is 0 Å². The normalized spacial score (nSPS) is 11.6. The van der Waals surface area contributed by atoms with Crippen LogP contribution in [0.5, 0.6) is 0 Å². The fourth-order valence-corrected chi connectivity index (χ4v) is 6.98. The Bertz CT molecular complexity index is 1980. The maximum absolute atomic E-state index is 12.8. The van der Waals surface area contributed by atoms with Gasteiger partial charge in [-0.05, 0) is 118 Å². The molecular formula is C36H28O3P-. The third-order valence-electron chi connectivity index (χ3n) is 8.10. The smallest absolute Gasteiger partial charge is 0.141 e. The second-order valence-electron chi connectivity index (χ2n) is 10.7. The average Bonchev–Trinajstić information content (AvgIpc) is 3.08. The van der Waals surface area contributed by atoms with Crippen molar-refractivity contribution in [3.63, 3.8) is 0 Å². The van der Waals surface area contributed by atoms with E-state index in [0.717, 1.165) is 32.3 Å². The van der Waals surface area contributed by atoms with Crippen LogP contribution in [0.3, 0.4) is 0 Å². The Kier molecular flexibility index (Phi) is 5.82. The Balaban J connectivity index is 1.57. The van der Waals surface area contributed by atoms with Crippen molar-refractivity contribution in [3.8, 4) is 22.3 Å². The van der Waals surface area contributed by atoms with Crippen LogP contribution in [-0.2, 0) is 0 Å². The van der Waals surface area contributed by atoms with Crippen molar-refractivity contribution in [1.82, 2.24) is 0 Å². The van der Waals surface area contributed by atoms with Gasteiger partial charge in [0.2, 0.25) is 0 Å². The number of fused-ring (bicyclic) bond motifs is 7. The fourth-order valence-electron chi connectivity index (χ4n) is 6.32. The minimum absolute atomic E-state index is 0.568. The molecule has 0 amide bonds. The van der Waals surface area contributed by atoms with Gasteiger partial charge >= 0.3 is 0 Å². The molecule has 0 saturated carbocycles. The zero-order valence-electron chi connectivity index (χ0n) is 22.9. The van der Waals surface area contributed by atoms with Crippen molar-refractivity contribution in [2.75, 3.05) is 0 Å². The molecule has 40 heavy (non-hydrogen) atoms. The molecule has 7 rings (SSSR count). The van der Waals surface area contributed by atoms with Crippen LogP contribution in [0.2, 0.25) is 0 Å². The predicted octanol–water partition coefficient (Wildman–Crippen LogP) is 10.3. The van der Waals surface area contributed by atoms with Crippen LogP contribution in [0.1, 0.15) is 22.3 Å². The first-order valence-electron chi connectivity index (χ1n) is 13.5. The molecule has 3 nitrogen and oxygen atoms in total. The predicted molar refractivity (Wildman–Crippen MR) is 167 cm³/mol. The minimum Gasteiger partial charge on any atom is -0.751 e. The van der Waals surface area contributed by atoms with Crippen LogP contribution >= 0.6 is 8.24 Å². The highest BCUT2D eigenvalue weighted by Gasteiger charge is 2.14. The lowest BCUT2D eigenvalue weighted by Gasteiger charge is -2.13. The first-order chi connectivity index (χ1) is 19.4. The average molecular weight is 540 g/mol. The molecule has 0 N–H and O–H groups in total. The first kappa shape index (κ1) is 24.7. The van der Waals surface area contributed by atoms with E-state index in [1.165, 1.54) is 44.5 Å². The van der Waals surface area contributed by atoms with Crippen molar-refractivity contribution in [1.29, 1.82) is 0 Å². The number of hydrogen-bond acceptors (Lipinski definition) is 3. The van der Waals surface area contributed by atoms with Crippen molar-refractivity contribution < 1.29 is 13.3 Å². The minimum atomic E-state index is -2.35. The van der Waals surface area contributed by atoms with Gasteiger partial charge < -0.3 is 13.3 Å². The summed E-state index contributed by atoms with van der Waals surface area (Å²) in [5.74, 6) is 0. The second-order valence-corrected chi connectivity index (χ2v) is 11.5. The highest BCUT2D eigenvalue weighted by molar-refractivity contribution is 7.28. The highest BCUT2D eigenvalue weighted by atomic mass is 31.1. The van der Waals surface area contributed by atoms with Crippen molar-refractivity contribution >= 4 is 51.7 Å². The second kappa shape index (κ2) is 9.41. The highest BCUT2D eigenvalue weighted by Crippen LogP contribution is 2.41. The van der Waals surface area contributed by atoms with E-state index in [9.17, 15) is 4.89 Å². The summed E-state index contributed by atoms with van der Waals surface area (Å²) in [5, 5.41) is 6.08. The molecule has 0 fully saturated rings. The molecule has 0 atom stereocenters. The van der Waals surface area contributed by atoms with Crippen molar-refractivity contribution in [2.24, 2.45) is 0 Å². The van der Waals surface area contributed by atoms with Gasteiger partial charge in [0.25, 0.3) is 0 Å². The van der Waals surface area contributed by atoms with Crippen LogP contribution in [-0.4, -0.2) is 0 Å². The molecule has 196 valence electrons. The largest absolute Gasteiger partial charge is 0.751 e. The quantitative estimate of drug-likeness (QED) is 0.220. The first-order valence-corrected chi connectivity index (χ1v) is 14.6. The molecule has 0 aliphatic rings. The summed E-state index contributed by atoms with van der Waals surface area (Å²) in [6.45, 7) is 8.61. The lowest BCUT2D eigenvalue weighted by Crippen LogP contribution is -1.89. The summed E-state index contributed by atoms with van der Waals surface area (Å²) in [4.78, 5) is 12.8. The molecule has 0 spiro atoms. The topological polar surface area (TPSA) is 49.3 Å². The monoisotopic (exact) mass is 539 g/mol. The SMILES string of the molecule is Cc1cccc(C)c1-c1ccc2c(ccc3op([O-])oc4ccc5cc(-c6c(C)cccc6C)ccc5c4c32)c1. The van der Waals surface area contributed by atoms with E-state index in [0.29, 0.717) is 11.2 Å². The van der Waals surface area contributed by atoms with Crippen LogP contribution in [0.4, 0.5) is 0 Å². The van der Waals surface area contributed by atoms with Crippen LogP contribution in [0.25, 0.3) is 65.7 Å². The Hall–Kier alpha value is -4.30. The maximum Gasteiger partial charge on any atom is 0.141 e. The Morgan fingerprint density at radius 3 is 1.30 bits per heavy atom. The third-order valence-corrected chi connectivity index (χ3v) is 8.79. The molecule has 1 aromatic heterocycles. The summed E-state index contributed by atoms with van der Waals surface area (Å²) in [6.07, 6.45) is 0. The van der Waals surface area contributed by atoms with E-state index in [4.69, 9.17) is 8.39 Å². The van der Waals surface area contributed by atoms with Crippen LogP contribution < -0.4 is 4.89 Å². The fraction of sp³-hybridized carbons (Fsp3) is 0.111. The van der Waals surface area contributed by atoms with Gasteiger partial charge in [-0.1, -0.05) is 72.8 Å². The molecule has 0 aliphatic heterocycles. The Labute approximate surface area is 233 Å². The van der Waals surface area contributed by atoms with Crippen molar-refractivity contribution in [2.45, 2.75) is 27.7 Å². The van der Waals surface area contributed by atoms with E-state index >= 15 is 0 Å². The molecule has 4 heteroatoms. The van der Waals surface area contributed by atoms with E-state index in [-0.39, 0.29) is 0 Å². The molecule has 0 aliphatic carbocycles. The van der Waals surface area contributed by atoms with Gasteiger partial charge in [0.15, 0.2) is 0 Å². The summed E-state index contributed by atoms with van der Waals surface area (Å²) >= 11 is 0. The summed E-state index contributed by atoms with van der Waals surface area (Å²) in [5.41, 5.74) is 11.0. The summed E-state index contributed by atoms with van der Waals surface area (Å²) < 4.78 is 11.7. The molecule has 0 bridgehead atoms. The summed E-state index contributed by atoms with van der Waals surface area (Å²) in [6, 6.07) is 33.9. The number of rotatable bonds is 2. The number of hydrogen-bond donors (Lipinski definition) is 0. The molecule has 7 aromatic rings. The zero-order chi connectivity index (χ0) is 27.5. The lowest BCUT2D eigenvalue weighted by molar-refractivity contribution is -0.170. The zero-order valence-corrected chi connectivity index (χ0v) is 23.8. The maximum atomic E-state index is 12.8. The Morgan fingerprint density at radius 2 is 0.900 bits per heavy atom. The molecule has 0 unspecified atom stereocenters. The van der Waals surface area contributed by atoms with Gasteiger partial charge in [0.1, 0.15) is 19.4 Å². The summed E-state index contributed by atoms with van der Waals surface area (Å²) in [7, 11) is -2.35. The van der Waals surface area contributed by atoms with Gasteiger partial charge in [0, 0.05) is 10.8 Å². The van der Waals surface area contributed by atoms with Gasteiger partial charge in [-0.25, -0.2) is 0 Å². The lowest BCUT2D eigenvalue weighted by atomic mass is 9.91. The number of aryl methyl sites for hydroxylation is 4. The van der Waals surface area contributed by atoms with E-state index in [1.807, 2.05) is 24.3 Å². The molecular weight excluding hydrogens is 511 g/mol.